The number of phenols is 1. The molecule has 158 valence electrons. The fraction of sp³-hybridized carbons (Fsp3) is 0.192. The number of carbonyl (C=O) groups is 1. The molecular weight excluding hydrogens is 386 g/mol. The maximum Gasteiger partial charge on any atom is 0.224 e. The third-order valence-electron chi connectivity index (χ3n) is 5.48. The zero-order valence-electron chi connectivity index (χ0n) is 17.6. The largest absolute Gasteiger partial charge is 0.508 e. The number of anilines is 1. The Kier molecular flexibility index (Phi) is 6.22. The monoisotopic (exact) mass is 413 g/mol. The number of fused-ring (bicyclic) bond motifs is 1. The van der Waals surface area contributed by atoms with E-state index >= 15 is 0 Å². The Morgan fingerprint density at radius 2 is 1.74 bits per heavy atom. The summed E-state index contributed by atoms with van der Waals surface area (Å²) < 4.78 is 0. The molecule has 31 heavy (non-hydrogen) atoms. The quantitative estimate of drug-likeness (QED) is 0.404. The van der Waals surface area contributed by atoms with Crippen molar-refractivity contribution in [2.45, 2.75) is 18.9 Å². The first-order chi connectivity index (χ1) is 15.1. The number of para-hydroxylation sites is 1. The number of aromatic nitrogens is 1. The van der Waals surface area contributed by atoms with Gasteiger partial charge in [-0.25, -0.2) is 0 Å². The number of likely N-dealkylation sites (N-methyl/N-ethyl adjacent to an activating group) is 1. The Balaban J connectivity index is 1.48. The Bertz CT molecular complexity index is 1140. The lowest BCUT2D eigenvalue weighted by atomic mass is 10.0. The molecule has 0 aliphatic heterocycles. The van der Waals surface area contributed by atoms with Gasteiger partial charge in [-0.3, -0.25) is 4.79 Å². The Hall–Kier alpha value is -3.73. The lowest BCUT2D eigenvalue weighted by molar-refractivity contribution is -0.121. The molecule has 0 unspecified atom stereocenters. The van der Waals surface area contributed by atoms with E-state index in [4.69, 9.17) is 0 Å². The van der Waals surface area contributed by atoms with Gasteiger partial charge >= 0.3 is 0 Å². The third kappa shape index (κ3) is 5.25. The van der Waals surface area contributed by atoms with Crippen LogP contribution in [-0.2, 0) is 17.6 Å². The summed E-state index contributed by atoms with van der Waals surface area (Å²) in [4.78, 5) is 18.3. The summed E-state index contributed by atoms with van der Waals surface area (Å²) in [6.07, 6.45) is 2.84. The van der Waals surface area contributed by atoms with E-state index in [0.717, 1.165) is 28.6 Å². The lowest BCUT2D eigenvalue weighted by Crippen LogP contribution is -2.44. The van der Waals surface area contributed by atoms with Crippen molar-refractivity contribution in [1.82, 2.24) is 10.3 Å². The number of hydrogen-bond donors (Lipinski definition) is 3. The molecular formula is C26H27N3O2. The molecule has 5 nitrogen and oxygen atoms in total. The highest BCUT2D eigenvalue weighted by molar-refractivity contribution is 5.89. The summed E-state index contributed by atoms with van der Waals surface area (Å²) in [5.41, 5.74) is 4.08. The molecule has 1 amide bonds. The predicted molar refractivity (Wildman–Crippen MR) is 125 cm³/mol. The van der Waals surface area contributed by atoms with Crippen LogP contribution in [0.5, 0.6) is 5.75 Å². The topological polar surface area (TPSA) is 68.4 Å². The van der Waals surface area contributed by atoms with Crippen molar-refractivity contribution < 1.29 is 9.90 Å². The van der Waals surface area contributed by atoms with Crippen molar-refractivity contribution in [3.63, 3.8) is 0 Å². The second kappa shape index (κ2) is 9.39. The Morgan fingerprint density at radius 1 is 1.03 bits per heavy atom. The number of aromatic amines is 1. The molecule has 5 heteroatoms. The molecule has 0 spiro atoms. The van der Waals surface area contributed by atoms with Gasteiger partial charge in [0.1, 0.15) is 5.75 Å². The number of carbonyl (C=O) groups excluding carboxylic acids is 1. The summed E-state index contributed by atoms with van der Waals surface area (Å²) in [5, 5.41) is 13.9. The molecule has 1 atom stereocenters. The average molecular weight is 414 g/mol. The molecule has 4 aromatic rings. The Labute approximate surface area is 182 Å². The van der Waals surface area contributed by atoms with Gasteiger partial charge in [0.05, 0.1) is 12.5 Å². The number of phenolic OH excluding ortho intramolecular Hbond substituents is 1. The first-order valence-corrected chi connectivity index (χ1v) is 10.5. The first-order valence-electron chi connectivity index (χ1n) is 10.5. The molecule has 0 saturated heterocycles. The van der Waals surface area contributed by atoms with Crippen LogP contribution in [0.4, 0.5) is 5.69 Å². The van der Waals surface area contributed by atoms with Crippen molar-refractivity contribution in [1.29, 1.82) is 0 Å². The molecule has 3 N–H and O–H groups in total. The number of nitrogens with zero attached hydrogens (tertiary/aromatic N) is 1. The van der Waals surface area contributed by atoms with Crippen molar-refractivity contribution >= 4 is 22.5 Å². The maximum absolute atomic E-state index is 13.0. The second-order valence-corrected chi connectivity index (χ2v) is 7.89. The summed E-state index contributed by atoms with van der Waals surface area (Å²) in [6.45, 7) is 0.694. The minimum Gasteiger partial charge on any atom is -0.508 e. The van der Waals surface area contributed by atoms with Crippen LogP contribution >= 0.6 is 0 Å². The van der Waals surface area contributed by atoms with Crippen LogP contribution in [0.3, 0.4) is 0 Å². The van der Waals surface area contributed by atoms with E-state index < -0.39 is 0 Å². The van der Waals surface area contributed by atoms with Gasteiger partial charge in [0, 0.05) is 36.4 Å². The normalized spacial score (nSPS) is 11.9. The number of nitrogens with one attached hydrogen (secondary N) is 2. The number of amides is 1. The fourth-order valence-corrected chi connectivity index (χ4v) is 3.94. The molecule has 0 fully saturated rings. The molecule has 3 aromatic carbocycles. The summed E-state index contributed by atoms with van der Waals surface area (Å²) in [6, 6.07) is 25.5. The van der Waals surface area contributed by atoms with Crippen LogP contribution in [0.2, 0.25) is 0 Å². The van der Waals surface area contributed by atoms with E-state index in [9.17, 15) is 9.90 Å². The zero-order chi connectivity index (χ0) is 21.6. The second-order valence-electron chi connectivity index (χ2n) is 7.89. The summed E-state index contributed by atoms with van der Waals surface area (Å²) >= 11 is 0. The van der Waals surface area contributed by atoms with Crippen LogP contribution < -0.4 is 10.2 Å². The van der Waals surface area contributed by atoms with Gasteiger partial charge in [0.15, 0.2) is 0 Å². The van der Waals surface area contributed by atoms with E-state index in [0.29, 0.717) is 6.54 Å². The van der Waals surface area contributed by atoms with Crippen LogP contribution in [0, 0.1) is 0 Å². The molecule has 0 aliphatic rings. The fourth-order valence-electron chi connectivity index (χ4n) is 3.94. The summed E-state index contributed by atoms with van der Waals surface area (Å²) in [7, 11) is 2.04. The highest BCUT2D eigenvalue weighted by Crippen LogP contribution is 2.23. The van der Waals surface area contributed by atoms with Crippen molar-refractivity contribution in [3.8, 4) is 5.75 Å². The molecule has 4 rings (SSSR count). The number of hydrogen-bond acceptors (Lipinski definition) is 3. The van der Waals surface area contributed by atoms with Gasteiger partial charge < -0.3 is 20.3 Å². The van der Waals surface area contributed by atoms with E-state index in [2.05, 4.69) is 39.5 Å². The van der Waals surface area contributed by atoms with Crippen LogP contribution in [0.1, 0.15) is 11.1 Å². The van der Waals surface area contributed by atoms with E-state index in [-0.39, 0.29) is 24.1 Å². The SMILES string of the molecule is CN(C[C@H](Cc1ccccc1)NC(=O)Cc1c[nH]c2ccc(O)cc12)c1ccccc1. The molecule has 0 saturated carbocycles. The van der Waals surface area contributed by atoms with Crippen molar-refractivity contribution in [2.75, 3.05) is 18.5 Å². The van der Waals surface area contributed by atoms with Gasteiger partial charge in [-0.05, 0) is 47.9 Å². The van der Waals surface area contributed by atoms with Crippen molar-refractivity contribution in [2.24, 2.45) is 0 Å². The standard InChI is InChI=1S/C26H27N3O2/c1-29(22-10-6-3-7-11-22)18-21(14-19-8-4-2-5-9-19)28-26(31)15-20-17-27-25-13-12-23(30)16-24(20)25/h2-13,16-17,21,27,30H,14-15,18H2,1H3,(H,28,31)/t21-/m0/s1. The lowest BCUT2D eigenvalue weighted by Gasteiger charge is -2.27. The maximum atomic E-state index is 13.0. The highest BCUT2D eigenvalue weighted by Gasteiger charge is 2.17. The van der Waals surface area contributed by atoms with Gasteiger partial charge in [0.25, 0.3) is 0 Å². The van der Waals surface area contributed by atoms with Gasteiger partial charge in [-0.2, -0.15) is 0 Å². The number of H-pyrrole nitrogens is 1. The third-order valence-corrected chi connectivity index (χ3v) is 5.48. The van der Waals surface area contributed by atoms with Crippen LogP contribution in [0.15, 0.2) is 85.1 Å². The van der Waals surface area contributed by atoms with Gasteiger partial charge in [-0.15, -0.1) is 0 Å². The molecule has 1 heterocycles. The Morgan fingerprint density at radius 3 is 2.48 bits per heavy atom. The predicted octanol–water partition coefficient (Wildman–Crippen LogP) is 4.28. The number of aromatic hydroxyl groups is 1. The zero-order valence-corrected chi connectivity index (χ0v) is 17.6. The minimum atomic E-state index is -0.0429. The van der Waals surface area contributed by atoms with E-state index in [1.54, 1.807) is 12.1 Å². The smallest absolute Gasteiger partial charge is 0.224 e. The van der Waals surface area contributed by atoms with E-state index in [1.165, 1.54) is 5.56 Å². The molecule has 0 bridgehead atoms. The highest BCUT2D eigenvalue weighted by atomic mass is 16.3. The van der Waals surface area contributed by atoms with Gasteiger partial charge in [-0.1, -0.05) is 48.5 Å². The molecule has 1 aromatic heterocycles. The first kappa shape index (κ1) is 20.5. The number of benzene rings is 3. The number of rotatable bonds is 8. The molecule has 0 radical (unpaired) electrons. The van der Waals surface area contributed by atoms with Crippen LogP contribution in [0.25, 0.3) is 10.9 Å². The minimum absolute atomic E-state index is 0.0355. The average Bonchev–Trinajstić information content (AvgIpc) is 3.16. The van der Waals surface area contributed by atoms with Crippen molar-refractivity contribution in [3.05, 3.63) is 96.2 Å². The van der Waals surface area contributed by atoms with Crippen LogP contribution in [-0.4, -0.2) is 35.6 Å². The molecule has 0 aliphatic carbocycles. The van der Waals surface area contributed by atoms with Gasteiger partial charge in [0.2, 0.25) is 5.91 Å². The summed E-state index contributed by atoms with van der Waals surface area (Å²) in [5.74, 6) is 0.159. The van der Waals surface area contributed by atoms with E-state index in [1.807, 2.05) is 55.7 Å².